The van der Waals surface area contributed by atoms with Crippen LogP contribution in [-0.4, -0.2) is 16.9 Å². The molecule has 21 heavy (non-hydrogen) atoms. The monoisotopic (exact) mass is 284 g/mol. The van der Waals surface area contributed by atoms with Gasteiger partial charge in [0.1, 0.15) is 12.3 Å². The van der Waals surface area contributed by atoms with Crippen molar-refractivity contribution in [2.75, 3.05) is 5.32 Å². The lowest BCUT2D eigenvalue weighted by Gasteiger charge is -2.12. The molecule has 0 spiro atoms. The third-order valence-electron chi connectivity index (χ3n) is 2.84. The number of hydrogen-bond donors (Lipinski definition) is 1. The van der Waals surface area contributed by atoms with E-state index in [9.17, 15) is 9.59 Å². The van der Waals surface area contributed by atoms with Crippen LogP contribution in [0.5, 0.6) is 0 Å². The van der Waals surface area contributed by atoms with Crippen LogP contribution in [0.3, 0.4) is 0 Å². The Morgan fingerprint density at radius 2 is 2.05 bits per heavy atom. The Hall–Kier alpha value is -2.69. The molecule has 5 nitrogen and oxygen atoms in total. The van der Waals surface area contributed by atoms with Gasteiger partial charge >= 0.3 is 5.97 Å². The summed E-state index contributed by atoms with van der Waals surface area (Å²) in [4.78, 5) is 27.0. The van der Waals surface area contributed by atoms with E-state index in [0.29, 0.717) is 11.4 Å². The molecule has 2 rings (SSSR count). The summed E-state index contributed by atoms with van der Waals surface area (Å²) in [6.45, 7) is 3.40. The number of anilines is 1. The first-order valence-electron chi connectivity index (χ1n) is 6.51. The van der Waals surface area contributed by atoms with Crippen LogP contribution in [0.15, 0.2) is 42.6 Å². The molecule has 1 amide bonds. The van der Waals surface area contributed by atoms with E-state index in [-0.39, 0.29) is 18.5 Å². The number of esters is 1. The lowest BCUT2D eigenvalue weighted by Crippen LogP contribution is -2.15. The zero-order valence-electron chi connectivity index (χ0n) is 11.9. The molecule has 0 atom stereocenters. The molecule has 0 saturated carbocycles. The molecular formula is C16H16N2O3. The van der Waals surface area contributed by atoms with E-state index >= 15 is 0 Å². The Labute approximate surface area is 123 Å². The molecule has 1 aromatic heterocycles. The number of aromatic nitrogens is 1. The van der Waals surface area contributed by atoms with Gasteiger partial charge in [-0.1, -0.05) is 23.8 Å². The van der Waals surface area contributed by atoms with Crippen LogP contribution >= 0.6 is 0 Å². The summed E-state index contributed by atoms with van der Waals surface area (Å²) in [5.41, 5.74) is 2.71. The second kappa shape index (κ2) is 6.65. The molecule has 1 N–H and O–H groups in total. The molecule has 1 aromatic carbocycles. The van der Waals surface area contributed by atoms with Gasteiger partial charge in [-0.15, -0.1) is 0 Å². The summed E-state index contributed by atoms with van der Waals surface area (Å²) in [5.74, 6) is -0.665. The van der Waals surface area contributed by atoms with Crippen molar-refractivity contribution in [1.82, 2.24) is 4.98 Å². The summed E-state index contributed by atoms with van der Waals surface area (Å²) in [5, 5.41) is 2.79. The first-order chi connectivity index (χ1) is 10.1. The molecule has 0 aliphatic carbocycles. The number of carbonyl (C=O) groups is 2. The van der Waals surface area contributed by atoms with Crippen LogP contribution in [-0.2, 0) is 16.1 Å². The second-order valence-corrected chi connectivity index (χ2v) is 4.61. The van der Waals surface area contributed by atoms with Crippen molar-refractivity contribution in [2.24, 2.45) is 0 Å². The zero-order valence-corrected chi connectivity index (χ0v) is 11.9. The fraction of sp³-hybridized carbons (Fsp3) is 0.188. The highest BCUT2D eigenvalue weighted by Crippen LogP contribution is 2.19. The number of rotatable bonds is 4. The maximum absolute atomic E-state index is 12.1. The quantitative estimate of drug-likeness (QED) is 0.876. The van der Waals surface area contributed by atoms with Gasteiger partial charge in [-0.3, -0.25) is 14.6 Å². The third-order valence-corrected chi connectivity index (χ3v) is 2.84. The minimum Gasteiger partial charge on any atom is -0.461 e. The normalized spacial score (nSPS) is 10.0. The standard InChI is InChI=1S/C16H16N2O3/c1-11-6-7-14(13(9-11)10-21-12(2)19)18-16(20)15-5-3-4-8-17-15/h3-9H,10H2,1-2H3,(H,18,20). The van der Waals surface area contributed by atoms with Crippen molar-refractivity contribution in [3.8, 4) is 0 Å². The molecule has 2 aromatic rings. The number of pyridine rings is 1. The number of benzene rings is 1. The summed E-state index contributed by atoms with van der Waals surface area (Å²) in [6.07, 6.45) is 1.56. The molecule has 0 fully saturated rings. The van der Waals surface area contributed by atoms with Crippen LogP contribution in [0.2, 0.25) is 0 Å². The average molecular weight is 284 g/mol. The van der Waals surface area contributed by atoms with Crippen LogP contribution < -0.4 is 5.32 Å². The Morgan fingerprint density at radius 1 is 1.24 bits per heavy atom. The SMILES string of the molecule is CC(=O)OCc1cc(C)ccc1NC(=O)c1ccccn1. The zero-order chi connectivity index (χ0) is 15.2. The van der Waals surface area contributed by atoms with Crippen molar-refractivity contribution < 1.29 is 14.3 Å². The average Bonchev–Trinajstić information content (AvgIpc) is 2.48. The summed E-state index contributed by atoms with van der Waals surface area (Å²) in [7, 11) is 0. The van der Waals surface area contributed by atoms with E-state index in [1.165, 1.54) is 6.92 Å². The molecular weight excluding hydrogens is 268 g/mol. The van der Waals surface area contributed by atoms with Crippen LogP contribution in [0.4, 0.5) is 5.69 Å². The summed E-state index contributed by atoms with van der Waals surface area (Å²) < 4.78 is 5.01. The number of nitrogens with one attached hydrogen (secondary N) is 1. The van der Waals surface area contributed by atoms with Crippen molar-refractivity contribution in [1.29, 1.82) is 0 Å². The highest BCUT2D eigenvalue weighted by Gasteiger charge is 2.11. The van der Waals surface area contributed by atoms with Crippen molar-refractivity contribution >= 4 is 17.6 Å². The highest BCUT2D eigenvalue weighted by atomic mass is 16.5. The van der Waals surface area contributed by atoms with Crippen molar-refractivity contribution in [3.05, 3.63) is 59.4 Å². The molecule has 0 aliphatic rings. The smallest absolute Gasteiger partial charge is 0.302 e. The van der Waals surface area contributed by atoms with Gasteiger partial charge in [0.15, 0.2) is 0 Å². The van der Waals surface area contributed by atoms with E-state index in [2.05, 4.69) is 10.3 Å². The first kappa shape index (κ1) is 14.7. The van der Waals surface area contributed by atoms with Crippen molar-refractivity contribution in [3.63, 3.8) is 0 Å². The van der Waals surface area contributed by atoms with Crippen LogP contribution in [0, 0.1) is 6.92 Å². The molecule has 5 heteroatoms. The van der Waals surface area contributed by atoms with Gasteiger partial charge in [0.25, 0.3) is 5.91 Å². The minimum atomic E-state index is -0.362. The fourth-order valence-corrected chi connectivity index (χ4v) is 1.83. The lowest BCUT2D eigenvalue weighted by molar-refractivity contribution is -0.142. The van der Waals surface area contributed by atoms with E-state index in [1.54, 1.807) is 30.5 Å². The number of hydrogen-bond acceptors (Lipinski definition) is 4. The number of ether oxygens (including phenoxy) is 1. The maximum atomic E-state index is 12.1. The van der Waals surface area contributed by atoms with Gasteiger partial charge in [0.05, 0.1) is 0 Å². The van der Waals surface area contributed by atoms with Crippen LogP contribution in [0.25, 0.3) is 0 Å². The molecule has 0 unspecified atom stereocenters. The number of nitrogens with zero attached hydrogens (tertiary/aromatic N) is 1. The van der Waals surface area contributed by atoms with E-state index in [1.807, 2.05) is 19.1 Å². The van der Waals surface area contributed by atoms with Gasteiger partial charge in [-0.25, -0.2) is 0 Å². The summed E-state index contributed by atoms with van der Waals surface area (Å²) >= 11 is 0. The predicted molar refractivity (Wildman–Crippen MR) is 78.8 cm³/mol. The highest BCUT2D eigenvalue weighted by molar-refractivity contribution is 6.03. The van der Waals surface area contributed by atoms with Gasteiger partial charge in [-0.05, 0) is 25.1 Å². The minimum absolute atomic E-state index is 0.120. The Balaban J connectivity index is 2.19. The van der Waals surface area contributed by atoms with Gasteiger partial charge in [-0.2, -0.15) is 0 Å². The Bertz CT molecular complexity index is 654. The summed E-state index contributed by atoms with van der Waals surface area (Å²) in [6, 6.07) is 10.7. The maximum Gasteiger partial charge on any atom is 0.302 e. The molecule has 0 radical (unpaired) electrons. The van der Waals surface area contributed by atoms with E-state index < -0.39 is 0 Å². The lowest BCUT2D eigenvalue weighted by atomic mass is 10.1. The molecule has 1 heterocycles. The van der Waals surface area contributed by atoms with Gasteiger partial charge in [0.2, 0.25) is 0 Å². The van der Waals surface area contributed by atoms with Crippen molar-refractivity contribution in [2.45, 2.75) is 20.5 Å². The number of amides is 1. The van der Waals surface area contributed by atoms with Gasteiger partial charge < -0.3 is 10.1 Å². The molecule has 108 valence electrons. The fourth-order valence-electron chi connectivity index (χ4n) is 1.83. The van der Waals surface area contributed by atoms with E-state index in [0.717, 1.165) is 11.1 Å². The molecule has 0 bridgehead atoms. The van der Waals surface area contributed by atoms with Crippen LogP contribution in [0.1, 0.15) is 28.5 Å². The number of aryl methyl sites for hydroxylation is 1. The Kier molecular flexibility index (Phi) is 4.66. The first-order valence-corrected chi connectivity index (χ1v) is 6.51. The second-order valence-electron chi connectivity index (χ2n) is 4.61. The predicted octanol–water partition coefficient (Wildman–Crippen LogP) is 2.71. The molecule has 0 aliphatic heterocycles. The molecule has 0 saturated heterocycles. The van der Waals surface area contributed by atoms with E-state index in [4.69, 9.17) is 4.74 Å². The number of carbonyl (C=O) groups excluding carboxylic acids is 2. The van der Waals surface area contributed by atoms with Gasteiger partial charge in [0, 0.05) is 24.4 Å². The Morgan fingerprint density at radius 3 is 2.71 bits per heavy atom. The third kappa shape index (κ3) is 4.14. The largest absolute Gasteiger partial charge is 0.461 e. The topological polar surface area (TPSA) is 68.3 Å².